The molecule has 0 saturated heterocycles. The Bertz CT molecular complexity index is 1040. The number of amides is 1. The smallest absolute Gasteiger partial charge is 0.338 e. The summed E-state index contributed by atoms with van der Waals surface area (Å²) < 4.78 is 10.2. The normalized spacial score (nSPS) is 10.5. The maximum absolute atomic E-state index is 12.5. The molecule has 6 nitrogen and oxygen atoms in total. The fourth-order valence-corrected chi connectivity index (χ4v) is 2.50. The van der Waals surface area contributed by atoms with Gasteiger partial charge >= 0.3 is 5.97 Å². The Morgan fingerprint density at radius 3 is 2.60 bits per heavy atom. The largest absolute Gasteiger partial charge is 0.465 e. The minimum absolute atomic E-state index is 0.105. The number of ether oxygens (including phenoxy) is 1. The van der Waals surface area contributed by atoms with Crippen LogP contribution in [0.2, 0.25) is 0 Å². The van der Waals surface area contributed by atoms with Crippen molar-refractivity contribution in [2.45, 2.75) is 6.92 Å². The first kappa shape index (κ1) is 16.4. The molecule has 3 rings (SSSR count). The number of methoxy groups -OCH3 is 1. The summed E-state index contributed by atoms with van der Waals surface area (Å²) in [5.41, 5.74) is 1.38. The summed E-state index contributed by atoms with van der Waals surface area (Å²) in [4.78, 5) is 36.3. The third kappa shape index (κ3) is 3.14. The molecule has 0 saturated carbocycles. The quantitative estimate of drug-likeness (QED) is 0.742. The van der Waals surface area contributed by atoms with E-state index in [2.05, 4.69) is 5.32 Å². The van der Waals surface area contributed by atoms with Gasteiger partial charge in [-0.1, -0.05) is 18.2 Å². The Labute approximate surface area is 143 Å². The summed E-state index contributed by atoms with van der Waals surface area (Å²) in [6.45, 7) is 1.69. The number of rotatable bonds is 3. The Balaban J connectivity index is 1.96. The lowest BCUT2D eigenvalue weighted by Crippen LogP contribution is -2.16. The Kier molecular flexibility index (Phi) is 4.35. The average molecular weight is 337 g/mol. The van der Waals surface area contributed by atoms with Crippen LogP contribution in [0.1, 0.15) is 26.5 Å². The second-order valence-corrected chi connectivity index (χ2v) is 5.39. The van der Waals surface area contributed by atoms with Crippen molar-refractivity contribution in [1.29, 1.82) is 0 Å². The molecule has 0 aliphatic carbocycles. The van der Waals surface area contributed by atoms with E-state index in [4.69, 9.17) is 9.15 Å². The number of benzene rings is 2. The van der Waals surface area contributed by atoms with Crippen LogP contribution in [0.15, 0.2) is 57.7 Å². The van der Waals surface area contributed by atoms with Crippen LogP contribution >= 0.6 is 0 Å². The monoisotopic (exact) mass is 337 g/mol. The fraction of sp³-hybridized carbons (Fsp3) is 0.105. The van der Waals surface area contributed by atoms with Crippen molar-refractivity contribution in [2.24, 2.45) is 0 Å². The number of para-hydroxylation sites is 1. The predicted molar refractivity (Wildman–Crippen MR) is 93.0 cm³/mol. The first-order chi connectivity index (χ1) is 12.0. The minimum Gasteiger partial charge on any atom is -0.465 e. The Morgan fingerprint density at radius 1 is 1.08 bits per heavy atom. The number of fused-ring (bicyclic) bond motifs is 1. The molecule has 0 atom stereocenters. The van der Waals surface area contributed by atoms with Crippen molar-refractivity contribution in [3.05, 3.63) is 75.6 Å². The predicted octanol–water partition coefficient (Wildman–Crippen LogP) is 3.14. The van der Waals surface area contributed by atoms with Crippen LogP contribution in [-0.2, 0) is 4.74 Å². The van der Waals surface area contributed by atoms with Gasteiger partial charge in [0.25, 0.3) is 5.91 Å². The summed E-state index contributed by atoms with van der Waals surface area (Å²) in [7, 11) is 1.29. The lowest BCUT2D eigenvalue weighted by molar-refractivity contribution is 0.0599. The second kappa shape index (κ2) is 6.60. The molecule has 1 amide bonds. The number of carbonyl (C=O) groups excluding carboxylic acids is 2. The van der Waals surface area contributed by atoms with E-state index in [0.29, 0.717) is 27.8 Å². The number of hydrogen-bond acceptors (Lipinski definition) is 5. The Hall–Kier alpha value is -3.41. The molecular formula is C19H15NO5. The fourth-order valence-electron chi connectivity index (χ4n) is 2.50. The summed E-state index contributed by atoms with van der Waals surface area (Å²) in [5.74, 6) is -1.18. The maximum Gasteiger partial charge on any atom is 0.338 e. The van der Waals surface area contributed by atoms with Crippen molar-refractivity contribution in [1.82, 2.24) is 0 Å². The topological polar surface area (TPSA) is 85.6 Å². The zero-order chi connectivity index (χ0) is 18.0. The molecule has 1 aromatic heterocycles. The highest BCUT2D eigenvalue weighted by molar-refractivity contribution is 6.04. The molecule has 1 heterocycles. The van der Waals surface area contributed by atoms with Crippen LogP contribution in [0.5, 0.6) is 0 Å². The highest BCUT2D eigenvalue weighted by Crippen LogP contribution is 2.21. The van der Waals surface area contributed by atoms with Gasteiger partial charge in [0.2, 0.25) is 0 Å². The van der Waals surface area contributed by atoms with E-state index in [0.717, 1.165) is 6.07 Å². The summed E-state index contributed by atoms with van der Waals surface area (Å²) in [6, 6.07) is 12.7. The van der Waals surface area contributed by atoms with Crippen molar-refractivity contribution >= 4 is 28.5 Å². The van der Waals surface area contributed by atoms with E-state index in [1.165, 1.54) is 7.11 Å². The molecule has 0 fully saturated rings. The molecule has 25 heavy (non-hydrogen) atoms. The zero-order valence-corrected chi connectivity index (χ0v) is 13.7. The SMILES string of the molecule is COC(=O)c1cccc(NC(=O)c2cc(=O)c3ccccc3o2)c1C. The number of carbonyl (C=O) groups is 2. The molecule has 0 aliphatic heterocycles. The summed E-state index contributed by atoms with van der Waals surface area (Å²) in [5, 5.41) is 3.06. The van der Waals surface area contributed by atoms with Gasteiger partial charge in [0, 0.05) is 11.8 Å². The van der Waals surface area contributed by atoms with Gasteiger partial charge in [-0.05, 0) is 36.8 Å². The molecule has 0 spiro atoms. The van der Waals surface area contributed by atoms with Crippen LogP contribution < -0.4 is 10.7 Å². The highest BCUT2D eigenvalue weighted by Gasteiger charge is 2.16. The third-order valence-corrected chi connectivity index (χ3v) is 3.85. The van der Waals surface area contributed by atoms with Crippen molar-refractivity contribution in [3.8, 4) is 0 Å². The van der Waals surface area contributed by atoms with Gasteiger partial charge in [0.1, 0.15) is 5.58 Å². The van der Waals surface area contributed by atoms with E-state index in [1.807, 2.05) is 0 Å². The lowest BCUT2D eigenvalue weighted by atomic mass is 10.1. The molecule has 1 N–H and O–H groups in total. The molecular weight excluding hydrogens is 322 g/mol. The Morgan fingerprint density at radius 2 is 1.84 bits per heavy atom. The van der Waals surface area contributed by atoms with Gasteiger partial charge in [-0.25, -0.2) is 4.79 Å². The van der Waals surface area contributed by atoms with Crippen molar-refractivity contribution in [3.63, 3.8) is 0 Å². The van der Waals surface area contributed by atoms with Gasteiger partial charge in [0.15, 0.2) is 11.2 Å². The number of anilines is 1. The third-order valence-electron chi connectivity index (χ3n) is 3.85. The molecule has 2 aromatic carbocycles. The lowest BCUT2D eigenvalue weighted by Gasteiger charge is -2.11. The summed E-state index contributed by atoms with van der Waals surface area (Å²) in [6.07, 6.45) is 0. The van der Waals surface area contributed by atoms with Gasteiger partial charge in [-0.3, -0.25) is 9.59 Å². The van der Waals surface area contributed by atoms with Crippen LogP contribution in [0.3, 0.4) is 0 Å². The van der Waals surface area contributed by atoms with Crippen LogP contribution in [0, 0.1) is 6.92 Å². The molecule has 126 valence electrons. The standard InChI is InChI=1S/C19H15NO5/c1-11-12(19(23)24-2)7-5-8-14(11)20-18(22)17-10-15(21)13-6-3-4-9-16(13)25-17/h3-10H,1-2H3,(H,20,22). The molecule has 0 bridgehead atoms. The molecule has 3 aromatic rings. The second-order valence-electron chi connectivity index (χ2n) is 5.39. The van der Waals surface area contributed by atoms with E-state index in [9.17, 15) is 14.4 Å². The first-order valence-corrected chi connectivity index (χ1v) is 7.53. The number of esters is 1. The number of nitrogens with one attached hydrogen (secondary N) is 1. The van der Waals surface area contributed by atoms with E-state index < -0.39 is 11.9 Å². The zero-order valence-electron chi connectivity index (χ0n) is 13.7. The van der Waals surface area contributed by atoms with Gasteiger partial charge < -0.3 is 14.5 Å². The van der Waals surface area contributed by atoms with E-state index >= 15 is 0 Å². The van der Waals surface area contributed by atoms with Crippen molar-refractivity contribution < 1.29 is 18.7 Å². The van der Waals surface area contributed by atoms with Crippen LogP contribution in [0.25, 0.3) is 11.0 Å². The maximum atomic E-state index is 12.5. The molecule has 0 unspecified atom stereocenters. The molecule has 0 aliphatic rings. The molecule has 0 radical (unpaired) electrons. The van der Waals surface area contributed by atoms with Crippen LogP contribution in [0.4, 0.5) is 5.69 Å². The summed E-state index contributed by atoms with van der Waals surface area (Å²) >= 11 is 0. The van der Waals surface area contributed by atoms with E-state index in [1.54, 1.807) is 49.4 Å². The van der Waals surface area contributed by atoms with Crippen molar-refractivity contribution in [2.75, 3.05) is 12.4 Å². The first-order valence-electron chi connectivity index (χ1n) is 7.53. The van der Waals surface area contributed by atoms with Crippen LogP contribution in [-0.4, -0.2) is 19.0 Å². The van der Waals surface area contributed by atoms with Gasteiger partial charge in [0.05, 0.1) is 18.1 Å². The minimum atomic E-state index is -0.576. The van der Waals surface area contributed by atoms with E-state index in [-0.39, 0.29) is 11.2 Å². The molecule has 6 heteroatoms. The number of hydrogen-bond donors (Lipinski definition) is 1. The van der Waals surface area contributed by atoms with Gasteiger partial charge in [-0.2, -0.15) is 0 Å². The van der Waals surface area contributed by atoms with Gasteiger partial charge in [-0.15, -0.1) is 0 Å². The average Bonchev–Trinajstić information content (AvgIpc) is 2.62. The highest BCUT2D eigenvalue weighted by atomic mass is 16.5.